The molecule has 8 heteroatoms. The van der Waals surface area contributed by atoms with Crippen molar-refractivity contribution in [3.63, 3.8) is 0 Å². The van der Waals surface area contributed by atoms with Gasteiger partial charge in [0, 0.05) is 6.20 Å². The quantitative estimate of drug-likeness (QED) is 0.568. The Morgan fingerprint density at radius 1 is 1.69 bits per heavy atom. The predicted molar refractivity (Wildman–Crippen MR) is 56.3 cm³/mol. The molecule has 0 radical (unpaired) electrons. The molecule has 1 unspecified atom stereocenters. The summed E-state index contributed by atoms with van der Waals surface area (Å²) in [6.45, 7) is -0.617. The fraction of sp³-hybridized carbons (Fsp3) is 0.375. The van der Waals surface area contributed by atoms with Gasteiger partial charge in [-0.15, -0.1) is 0 Å². The third-order valence-electron chi connectivity index (χ3n) is 1.76. The Morgan fingerprint density at radius 2 is 2.38 bits per heavy atom. The van der Waals surface area contributed by atoms with E-state index in [4.69, 9.17) is 16.7 Å². The van der Waals surface area contributed by atoms with Gasteiger partial charge in [0.15, 0.2) is 0 Å². The second kappa shape index (κ2) is 5.59. The predicted octanol–water partition coefficient (Wildman–Crippen LogP) is -1.18. The first-order valence-electron chi connectivity index (χ1n) is 4.34. The first-order valence-corrected chi connectivity index (χ1v) is 4.72. The van der Waals surface area contributed by atoms with Crippen LogP contribution >= 0.6 is 11.6 Å². The summed E-state index contributed by atoms with van der Waals surface area (Å²) in [4.78, 5) is 25.4. The lowest BCUT2D eigenvalue weighted by Gasteiger charge is -2.11. The number of hydrogen-bond donors (Lipinski definition) is 3. The van der Waals surface area contributed by atoms with Crippen molar-refractivity contribution in [2.24, 2.45) is 0 Å². The molecule has 16 heavy (non-hydrogen) atoms. The molecule has 0 saturated carbocycles. The van der Waals surface area contributed by atoms with E-state index >= 15 is 0 Å². The molecular weight excluding hydrogens is 238 g/mol. The zero-order valence-electron chi connectivity index (χ0n) is 8.13. The number of aromatic nitrogens is 2. The number of carbonyl (C=O) groups excluding carboxylic acids is 1. The molecule has 0 saturated heterocycles. The summed E-state index contributed by atoms with van der Waals surface area (Å²) >= 11 is 5.61. The van der Waals surface area contributed by atoms with Gasteiger partial charge in [0.2, 0.25) is 12.2 Å². The first-order chi connectivity index (χ1) is 7.58. The smallest absolute Gasteiger partial charge is 0.293 e. The second-order valence-electron chi connectivity index (χ2n) is 2.97. The Bertz CT molecular complexity index is 434. The van der Waals surface area contributed by atoms with Gasteiger partial charge < -0.3 is 20.1 Å². The minimum absolute atomic E-state index is 0.00547. The van der Waals surface area contributed by atoms with Crippen LogP contribution in [0.3, 0.4) is 0 Å². The van der Waals surface area contributed by atoms with Gasteiger partial charge in [-0.25, -0.2) is 4.98 Å². The van der Waals surface area contributed by atoms with Gasteiger partial charge in [0.1, 0.15) is 5.15 Å². The monoisotopic (exact) mass is 247 g/mol. The Labute approximate surface area is 95.3 Å². The molecule has 0 spiro atoms. The van der Waals surface area contributed by atoms with E-state index in [1.807, 2.05) is 0 Å². The topological polar surface area (TPSA) is 104 Å². The summed E-state index contributed by atoms with van der Waals surface area (Å²) in [5.41, 5.74) is -0.607. The van der Waals surface area contributed by atoms with E-state index in [0.29, 0.717) is 6.41 Å². The van der Waals surface area contributed by atoms with E-state index < -0.39 is 18.3 Å². The van der Waals surface area contributed by atoms with E-state index in [-0.39, 0.29) is 17.5 Å². The Balaban J connectivity index is 3.08. The summed E-state index contributed by atoms with van der Waals surface area (Å²) in [5, 5.41) is 19.9. The number of amides is 1. The molecule has 1 atom stereocenters. The van der Waals surface area contributed by atoms with E-state index in [0.717, 1.165) is 4.57 Å². The molecule has 1 amide bonds. The van der Waals surface area contributed by atoms with Crippen LogP contribution in [0, 0.1) is 0 Å². The third kappa shape index (κ3) is 3.02. The maximum atomic E-state index is 11.6. The summed E-state index contributed by atoms with van der Waals surface area (Å²) in [6.07, 6.45) is 0.422. The van der Waals surface area contributed by atoms with Gasteiger partial charge in [-0.1, -0.05) is 11.6 Å². The minimum Gasteiger partial charge on any atom is -0.394 e. The largest absolute Gasteiger partial charge is 0.394 e. The number of anilines is 1. The number of hydrogen-bond acceptors (Lipinski definition) is 5. The maximum Gasteiger partial charge on any atom is 0.293 e. The molecule has 7 nitrogen and oxygen atoms in total. The lowest BCUT2D eigenvalue weighted by molar-refractivity contribution is -0.105. The normalized spacial score (nSPS) is 12.2. The first kappa shape index (κ1) is 12.6. The highest BCUT2D eigenvalue weighted by Gasteiger charge is 2.10. The van der Waals surface area contributed by atoms with E-state index in [2.05, 4.69) is 10.3 Å². The van der Waals surface area contributed by atoms with Crippen LogP contribution in [-0.4, -0.2) is 38.9 Å². The fourth-order valence-electron chi connectivity index (χ4n) is 1.08. The van der Waals surface area contributed by atoms with Crippen molar-refractivity contribution in [3.8, 4) is 0 Å². The molecule has 88 valence electrons. The SMILES string of the molecule is O=CNc1nc(Cl)cn(CC(O)CO)c1=O. The highest BCUT2D eigenvalue weighted by Crippen LogP contribution is 2.05. The van der Waals surface area contributed by atoms with Crippen molar-refractivity contribution in [2.45, 2.75) is 12.6 Å². The standard InChI is InChI=1S/C8H10ClN3O4/c9-6-2-12(1-5(15)3-13)8(16)7(11-6)10-4-14/h2,4-5,13,15H,1,3H2,(H,10,11,14). The zero-order chi connectivity index (χ0) is 12.1. The number of rotatable bonds is 5. The molecule has 1 aromatic heterocycles. The highest BCUT2D eigenvalue weighted by atomic mass is 35.5. The fourth-order valence-corrected chi connectivity index (χ4v) is 1.28. The van der Waals surface area contributed by atoms with E-state index in [9.17, 15) is 14.7 Å². The number of aliphatic hydroxyl groups is 2. The molecule has 0 aromatic carbocycles. The summed E-state index contributed by atoms with van der Waals surface area (Å²) < 4.78 is 1.06. The van der Waals surface area contributed by atoms with Crippen LogP contribution < -0.4 is 10.9 Å². The van der Waals surface area contributed by atoms with Gasteiger partial charge in [-0.05, 0) is 0 Å². The Hall–Kier alpha value is -1.44. The van der Waals surface area contributed by atoms with Crippen molar-refractivity contribution >= 4 is 23.8 Å². The number of carbonyl (C=O) groups is 1. The second-order valence-corrected chi connectivity index (χ2v) is 3.36. The van der Waals surface area contributed by atoms with Crippen LogP contribution in [-0.2, 0) is 11.3 Å². The Kier molecular flexibility index (Phi) is 4.41. The van der Waals surface area contributed by atoms with Crippen molar-refractivity contribution in [3.05, 3.63) is 21.7 Å². The lowest BCUT2D eigenvalue weighted by Crippen LogP contribution is -2.30. The van der Waals surface area contributed by atoms with Crippen LogP contribution in [0.1, 0.15) is 0 Å². The molecule has 0 aliphatic heterocycles. The van der Waals surface area contributed by atoms with Crippen molar-refractivity contribution in [1.82, 2.24) is 9.55 Å². The van der Waals surface area contributed by atoms with Gasteiger partial charge in [-0.3, -0.25) is 9.59 Å². The molecule has 3 N–H and O–H groups in total. The average Bonchev–Trinajstić information content (AvgIpc) is 2.25. The van der Waals surface area contributed by atoms with Crippen LogP contribution in [0.15, 0.2) is 11.0 Å². The minimum atomic E-state index is -1.08. The molecule has 1 heterocycles. The van der Waals surface area contributed by atoms with Gasteiger partial charge >= 0.3 is 0 Å². The average molecular weight is 248 g/mol. The molecule has 1 rings (SSSR count). The third-order valence-corrected chi connectivity index (χ3v) is 1.94. The van der Waals surface area contributed by atoms with Gasteiger partial charge in [-0.2, -0.15) is 0 Å². The number of halogens is 1. The zero-order valence-corrected chi connectivity index (χ0v) is 8.89. The van der Waals surface area contributed by atoms with Crippen molar-refractivity contribution in [2.75, 3.05) is 11.9 Å². The van der Waals surface area contributed by atoms with E-state index in [1.54, 1.807) is 0 Å². The van der Waals surface area contributed by atoms with Crippen molar-refractivity contribution in [1.29, 1.82) is 0 Å². The molecule has 1 aromatic rings. The van der Waals surface area contributed by atoms with E-state index in [1.165, 1.54) is 6.20 Å². The molecular formula is C8H10ClN3O4. The molecule has 0 bridgehead atoms. The summed E-state index contributed by atoms with van der Waals surface area (Å²) in [7, 11) is 0. The van der Waals surface area contributed by atoms with Crippen LogP contribution in [0.4, 0.5) is 5.82 Å². The molecule has 0 aliphatic rings. The maximum absolute atomic E-state index is 11.6. The summed E-state index contributed by atoms with van der Waals surface area (Å²) in [6, 6.07) is 0. The summed E-state index contributed by atoms with van der Waals surface area (Å²) in [5.74, 6) is -0.229. The Morgan fingerprint density at radius 3 is 2.94 bits per heavy atom. The molecule has 0 fully saturated rings. The van der Waals surface area contributed by atoms with Crippen LogP contribution in [0.25, 0.3) is 0 Å². The number of nitrogens with zero attached hydrogens (tertiary/aromatic N) is 2. The van der Waals surface area contributed by atoms with Gasteiger partial charge in [0.05, 0.1) is 19.3 Å². The van der Waals surface area contributed by atoms with Crippen molar-refractivity contribution < 1.29 is 15.0 Å². The molecule has 0 aliphatic carbocycles. The van der Waals surface area contributed by atoms with Crippen LogP contribution in [0.2, 0.25) is 5.15 Å². The highest BCUT2D eigenvalue weighted by molar-refractivity contribution is 6.29. The number of nitrogens with one attached hydrogen (secondary N) is 1. The van der Waals surface area contributed by atoms with Gasteiger partial charge in [0.25, 0.3) is 5.56 Å². The van der Waals surface area contributed by atoms with Crippen LogP contribution in [0.5, 0.6) is 0 Å². The number of aliphatic hydroxyl groups excluding tert-OH is 2. The lowest BCUT2D eigenvalue weighted by atomic mass is 10.3.